The van der Waals surface area contributed by atoms with E-state index in [1.54, 1.807) is 0 Å². The van der Waals surface area contributed by atoms with Crippen LogP contribution in [-0.2, 0) is 14.7 Å². The highest BCUT2D eigenvalue weighted by Crippen LogP contribution is 2.20. The molecular formula is C5H11N3O2S. The number of carbonyl (C=O) groups excluding carboxylic acids is 1. The lowest BCUT2D eigenvalue weighted by molar-refractivity contribution is -0.124. The lowest BCUT2D eigenvalue weighted by atomic mass is 10.1. The lowest BCUT2D eigenvalue weighted by Crippen LogP contribution is -2.56. The molecule has 11 heavy (non-hydrogen) atoms. The van der Waals surface area contributed by atoms with Gasteiger partial charge in [0.1, 0.15) is 16.0 Å². The third-order valence-electron chi connectivity index (χ3n) is 1.75. The molecule has 1 fully saturated rings. The van der Waals surface area contributed by atoms with Crippen LogP contribution in [0.5, 0.6) is 0 Å². The highest BCUT2D eigenvalue weighted by Gasteiger charge is 2.36. The van der Waals surface area contributed by atoms with Gasteiger partial charge in [0.25, 0.3) is 0 Å². The van der Waals surface area contributed by atoms with Crippen LogP contribution >= 0.6 is 0 Å². The average molecular weight is 177 g/mol. The molecule has 1 saturated heterocycles. The number of amides is 1. The van der Waals surface area contributed by atoms with E-state index in [-0.39, 0.29) is 0 Å². The summed E-state index contributed by atoms with van der Waals surface area (Å²) in [6.45, 7) is 0.534. The first-order valence-electron chi connectivity index (χ1n) is 3.23. The van der Waals surface area contributed by atoms with E-state index in [1.807, 2.05) is 0 Å². The molecule has 5 nitrogen and oxygen atoms in total. The first kappa shape index (κ1) is 8.48. The molecule has 1 rings (SSSR count). The summed E-state index contributed by atoms with van der Waals surface area (Å²) >= 11 is 0. The molecular weight excluding hydrogens is 166 g/mol. The number of nitrogens with one attached hydrogen (secondary N) is 1. The molecule has 0 bridgehead atoms. The summed E-state index contributed by atoms with van der Waals surface area (Å²) in [5.74, 6) is -0.488. The first-order valence-corrected chi connectivity index (χ1v) is 5.15. The Balaban J connectivity index is 2.72. The Morgan fingerprint density at radius 2 is 2.36 bits per heavy atom. The van der Waals surface area contributed by atoms with Gasteiger partial charge in [0.2, 0.25) is 5.91 Å². The maximum atomic E-state index is 11.1. The third kappa shape index (κ3) is 1.51. The van der Waals surface area contributed by atoms with Crippen LogP contribution in [0.25, 0.3) is 0 Å². The first-order chi connectivity index (χ1) is 4.93. The lowest BCUT2D eigenvalue weighted by Gasteiger charge is -2.37. The zero-order valence-electron chi connectivity index (χ0n) is 6.24. The quantitative estimate of drug-likeness (QED) is 0.574. The second-order valence-electron chi connectivity index (χ2n) is 2.65. The second-order valence-corrected chi connectivity index (χ2v) is 4.72. The minimum Gasteiger partial charge on any atom is -0.368 e. The predicted octanol–water partition coefficient (Wildman–Crippen LogP) is -0.862. The van der Waals surface area contributed by atoms with Crippen LogP contribution in [0.2, 0.25) is 0 Å². The van der Waals surface area contributed by atoms with Crippen LogP contribution in [-0.4, -0.2) is 33.3 Å². The normalized spacial score (nSPS) is 30.5. The van der Waals surface area contributed by atoms with Crippen LogP contribution in [0.1, 0.15) is 6.42 Å². The molecule has 6 heteroatoms. The van der Waals surface area contributed by atoms with Crippen molar-refractivity contribution in [3.63, 3.8) is 0 Å². The third-order valence-corrected chi connectivity index (χ3v) is 3.08. The van der Waals surface area contributed by atoms with Crippen molar-refractivity contribution in [3.8, 4) is 0 Å². The number of nitrogens with two attached hydrogens (primary N) is 1. The summed E-state index contributed by atoms with van der Waals surface area (Å²) in [5.41, 5.74) is 5.00. The smallest absolute Gasteiger partial charge is 0.235 e. The second kappa shape index (κ2) is 2.46. The van der Waals surface area contributed by atoms with Crippen LogP contribution < -0.4 is 5.73 Å². The molecule has 1 heterocycles. The van der Waals surface area contributed by atoms with Crippen molar-refractivity contribution in [2.75, 3.05) is 12.8 Å². The van der Waals surface area contributed by atoms with Gasteiger partial charge in [0.15, 0.2) is 0 Å². The van der Waals surface area contributed by atoms with Gasteiger partial charge in [-0.1, -0.05) is 0 Å². The Morgan fingerprint density at radius 1 is 1.82 bits per heavy atom. The molecule has 0 saturated carbocycles. The standard InChI is InChI=1S/C5H11N3O2S/c1-11(7,10)8-3-2-4(8)5(6)9/h4,7H,2-3H2,1H3,(H2,6,9). The van der Waals surface area contributed by atoms with Gasteiger partial charge in [-0.05, 0) is 6.42 Å². The van der Waals surface area contributed by atoms with Gasteiger partial charge in [0.05, 0.1) is 0 Å². The molecule has 3 N–H and O–H groups in total. The van der Waals surface area contributed by atoms with Crippen molar-refractivity contribution in [1.29, 1.82) is 4.78 Å². The highest BCUT2D eigenvalue weighted by atomic mass is 32.2. The van der Waals surface area contributed by atoms with Crippen molar-refractivity contribution >= 4 is 15.8 Å². The zero-order valence-corrected chi connectivity index (χ0v) is 7.06. The maximum absolute atomic E-state index is 11.1. The van der Waals surface area contributed by atoms with E-state index in [2.05, 4.69) is 0 Å². The van der Waals surface area contributed by atoms with E-state index in [0.717, 1.165) is 0 Å². The summed E-state index contributed by atoms with van der Waals surface area (Å²) in [5, 5.41) is 0. The number of nitrogens with zero attached hydrogens (tertiary/aromatic N) is 1. The zero-order chi connectivity index (χ0) is 8.65. The summed E-state index contributed by atoms with van der Waals surface area (Å²) in [6, 6.07) is -0.481. The molecule has 1 aliphatic heterocycles. The molecule has 64 valence electrons. The molecule has 1 amide bonds. The van der Waals surface area contributed by atoms with E-state index in [9.17, 15) is 9.00 Å². The largest absolute Gasteiger partial charge is 0.368 e. The summed E-state index contributed by atoms with van der Waals surface area (Å²) < 4.78 is 19.6. The van der Waals surface area contributed by atoms with Crippen LogP contribution in [0.3, 0.4) is 0 Å². The Hall–Kier alpha value is -0.620. The van der Waals surface area contributed by atoms with Crippen molar-refractivity contribution in [2.45, 2.75) is 12.5 Å². The fraction of sp³-hybridized carbons (Fsp3) is 0.800. The van der Waals surface area contributed by atoms with Gasteiger partial charge in [-0.3, -0.25) is 4.79 Å². The Labute approximate surface area is 65.7 Å². The highest BCUT2D eigenvalue weighted by molar-refractivity contribution is 7.89. The van der Waals surface area contributed by atoms with E-state index < -0.39 is 21.9 Å². The molecule has 0 aromatic rings. The molecule has 0 aliphatic carbocycles. The minimum absolute atomic E-state index is 0.481. The number of carbonyl (C=O) groups is 1. The van der Waals surface area contributed by atoms with Gasteiger partial charge >= 0.3 is 0 Å². The van der Waals surface area contributed by atoms with Crippen LogP contribution in [0, 0.1) is 4.78 Å². The van der Waals surface area contributed by atoms with E-state index in [0.29, 0.717) is 13.0 Å². The van der Waals surface area contributed by atoms with Gasteiger partial charge in [-0.2, -0.15) is 0 Å². The van der Waals surface area contributed by atoms with E-state index in [1.165, 1.54) is 10.6 Å². The molecule has 2 atom stereocenters. The number of primary amides is 1. The summed E-state index contributed by atoms with van der Waals surface area (Å²) in [6.07, 6.45) is 1.92. The Kier molecular flexibility index (Phi) is 1.89. The molecule has 0 aromatic carbocycles. The topological polar surface area (TPSA) is 87.2 Å². The molecule has 2 unspecified atom stereocenters. The van der Waals surface area contributed by atoms with Gasteiger partial charge in [0, 0.05) is 12.8 Å². The van der Waals surface area contributed by atoms with Gasteiger partial charge in [-0.25, -0.2) is 13.3 Å². The minimum atomic E-state index is -2.73. The number of hydrogen-bond donors (Lipinski definition) is 2. The summed E-state index contributed by atoms with van der Waals surface area (Å²) in [7, 11) is -2.73. The van der Waals surface area contributed by atoms with Crippen molar-refractivity contribution in [3.05, 3.63) is 0 Å². The van der Waals surface area contributed by atoms with E-state index in [4.69, 9.17) is 10.5 Å². The number of rotatable bonds is 2. The maximum Gasteiger partial charge on any atom is 0.235 e. The number of hydrogen-bond acceptors (Lipinski definition) is 3. The monoisotopic (exact) mass is 177 g/mol. The molecule has 1 aliphatic rings. The van der Waals surface area contributed by atoms with E-state index >= 15 is 0 Å². The SMILES string of the molecule is CS(=N)(=O)N1CCC1C(N)=O. The van der Waals surface area contributed by atoms with Crippen LogP contribution in [0.15, 0.2) is 0 Å². The Bertz CT molecular complexity index is 271. The summed E-state index contributed by atoms with van der Waals surface area (Å²) in [4.78, 5) is 10.6. The van der Waals surface area contributed by atoms with Crippen molar-refractivity contribution in [1.82, 2.24) is 4.31 Å². The van der Waals surface area contributed by atoms with Crippen molar-refractivity contribution < 1.29 is 9.00 Å². The molecule has 0 radical (unpaired) electrons. The molecule has 0 aromatic heterocycles. The van der Waals surface area contributed by atoms with Crippen LogP contribution in [0.4, 0.5) is 0 Å². The van der Waals surface area contributed by atoms with Gasteiger partial charge < -0.3 is 5.73 Å². The fourth-order valence-electron chi connectivity index (χ4n) is 1.06. The predicted molar refractivity (Wildman–Crippen MR) is 41.1 cm³/mol. The average Bonchev–Trinajstić information content (AvgIpc) is 1.51. The molecule has 0 spiro atoms. The Morgan fingerprint density at radius 3 is 2.45 bits per heavy atom. The van der Waals surface area contributed by atoms with Gasteiger partial charge in [-0.15, -0.1) is 0 Å². The fourth-order valence-corrected chi connectivity index (χ4v) is 2.21. The van der Waals surface area contributed by atoms with Crippen molar-refractivity contribution in [2.24, 2.45) is 5.73 Å².